The highest BCUT2D eigenvalue weighted by molar-refractivity contribution is 5.92. The van der Waals surface area contributed by atoms with Gasteiger partial charge in [-0.2, -0.15) is 5.10 Å². The average Bonchev–Trinajstić information content (AvgIpc) is 3.71. The standard InChI is InChI=1S/C30H24N10/c1-18(12-20-6-4-3-5-7-20)34-22-13-21(14-31-15-22)23-8-9-24-26(35-23)28(39-38-24)30-36-27-25(10-11-32-29(27)37-30)40-16-19(2)33-17-40/h3-11,13-17,34H,1,12H2,2H3,(H,38,39)(H,32,36,37). The van der Waals surface area contributed by atoms with Crippen LogP contribution in [0.3, 0.4) is 0 Å². The molecule has 0 saturated heterocycles. The van der Waals surface area contributed by atoms with Crippen molar-refractivity contribution in [2.24, 2.45) is 0 Å². The normalized spacial score (nSPS) is 11.3. The summed E-state index contributed by atoms with van der Waals surface area (Å²) in [6.07, 6.45) is 9.77. The summed E-state index contributed by atoms with van der Waals surface area (Å²) in [6.45, 7) is 6.14. The van der Waals surface area contributed by atoms with Crippen LogP contribution >= 0.6 is 0 Å². The maximum Gasteiger partial charge on any atom is 0.180 e. The van der Waals surface area contributed by atoms with Crippen molar-refractivity contribution >= 4 is 27.9 Å². The number of benzene rings is 1. The first-order chi connectivity index (χ1) is 19.6. The van der Waals surface area contributed by atoms with Crippen molar-refractivity contribution < 1.29 is 0 Å². The lowest BCUT2D eigenvalue weighted by Crippen LogP contribution is -2.02. The quantitative estimate of drug-likeness (QED) is 0.247. The molecule has 0 amide bonds. The number of imidazole rings is 2. The Morgan fingerprint density at radius 1 is 1.02 bits per heavy atom. The number of hydrogen-bond donors (Lipinski definition) is 3. The van der Waals surface area contributed by atoms with Crippen LogP contribution in [0.5, 0.6) is 0 Å². The van der Waals surface area contributed by atoms with Crippen LogP contribution < -0.4 is 5.32 Å². The van der Waals surface area contributed by atoms with E-state index in [1.165, 1.54) is 5.56 Å². The SMILES string of the molecule is C=C(Cc1ccccc1)Nc1cncc(-c2ccc3[nH]nc(-c4nc5nccc(-n6cnc(C)c6)c5[nH]4)c3n2)c1. The number of allylic oxidation sites excluding steroid dienone is 1. The molecule has 0 bridgehead atoms. The van der Waals surface area contributed by atoms with E-state index < -0.39 is 0 Å². The van der Waals surface area contributed by atoms with Gasteiger partial charge in [0.05, 0.1) is 40.8 Å². The van der Waals surface area contributed by atoms with Crippen LogP contribution in [0.25, 0.3) is 50.7 Å². The molecule has 6 heterocycles. The van der Waals surface area contributed by atoms with Gasteiger partial charge in [0.25, 0.3) is 0 Å². The van der Waals surface area contributed by atoms with E-state index in [1.54, 1.807) is 24.9 Å². The third-order valence-corrected chi connectivity index (χ3v) is 6.61. The minimum Gasteiger partial charge on any atom is -0.358 e. The van der Waals surface area contributed by atoms with E-state index in [0.717, 1.165) is 51.5 Å². The smallest absolute Gasteiger partial charge is 0.180 e. The first-order valence-corrected chi connectivity index (χ1v) is 12.8. The maximum absolute atomic E-state index is 4.94. The Kier molecular flexibility index (Phi) is 5.63. The summed E-state index contributed by atoms with van der Waals surface area (Å²) in [6, 6.07) is 18.1. The molecule has 0 atom stereocenters. The number of aromatic amines is 2. The highest BCUT2D eigenvalue weighted by Crippen LogP contribution is 2.29. The van der Waals surface area contributed by atoms with Crippen LogP contribution in [-0.4, -0.2) is 44.7 Å². The lowest BCUT2D eigenvalue weighted by molar-refractivity contribution is 1.06. The van der Waals surface area contributed by atoms with Crippen LogP contribution in [0.15, 0.2) is 98.0 Å². The van der Waals surface area contributed by atoms with Crippen LogP contribution in [0.1, 0.15) is 11.3 Å². The fraction of sp³-hybridized carbons (Fsp3) is 0.0667. The molecule has 0 fully saturated rings. The zero-order chi connectivity index (χ0) is 27.1. The molecule has 0 spiro atoms. The van der Waals surface area contributed by atoms with Crippen molar-refractivity contribution in [3.63, 3.8) is 0 Å². The Morgan fingerprint density at radius 2 is 1.93 bits per heavy atom. The molecule has 0 aliphatic rings. The topological polar surface area (TPSA) is 126 Å². The maximum atomic E-state index is 4.94. The van der Waals surface area contributed by atoms with Crippen molar-refractivity contribution in [1.29, 1.82) is 0 Å². The number of pyridine rings is 3. The van der Waals surface area contributed by atoms with Gasteiger partial charge in [0, 0.05) is 36.3 Å². The molecule has 7 aromatic rings. The van der Waals surface area contributed by atoms with E-state index in [4.69, 9.17) is 9.97 Å². The zero-order valence-electron chi connectivity index (χ0n) is 21.6. The number of rotatable bonds is 7. The van der Waals surface area contributed by atoms with Gasteiger partial charge < -0.3 is 14.9 Å². The van der Waals surface area contributed by atoms with Gasteiger partial charge in [-0.1, -0.05) is 36.9 Å². The molecule has 10 heteroatoms. The fourth-order valence-corrected chi connectivity index (χ4v) is 4.74. The third-order valence-electron chi connectivity index (χ3n) is 6.61. The zero-order valence-corrected chi connectivity index (χ0v) is 21.6. The number of nitrogens with zero attached hydrogens (tertiary/aromatic N) is 7. The highest BCUT2D eigenvalue weighted by Gasteiger charge is 2.17. The van der Waals surface area contributed by atoms with Crippen molar-refractivity contribution in [3.8, 4) is 28.5 Å². The first-order valence-electron chi connectivity index (χ1n) is 12.8. The van der Waals surface area contributed by atoms with Crippen molar-refractivity contribution in [2.75, 3.05) is 5.32 Å². The highest BCUT2D eigenvalue weighted by atomic mass is 15.2. The average molecular weight is 525 g/mol. The number of H-pyrrole nitrogens is 2. The molecular formula is C30H24N10. The number of nitrogens with one attached hydrogen (secondary N) is 3. The van der Waals surface area contributed by atoms with Crippen molar-refractivity contribution in [2.45, 2.75) is 13.3 Å². The second-order valence-corrected chi connectivity index (χ2v) is 9.55. The Balaban J connectivity index is 1.21. The molecule has 1 aromatic carbocycles. The predicted molar refractivity (Wildman–Crippen MR) is 155 cm³/mol. The van der Waals surface area contributed by atoms with Crippen molar-refractivity contribution in [3.05, 3.63) is 109 Å². The molecule has 0 unspecified atom stereocenters. The number of aromatic nitrogens is 9. The van der Waals surface area contributed by atoms with Gasteiger partial charge >= 0.3 is 0 Å². The van der Waals surface area contributed by atoms with Gasteiger partial charge in [0.1, 0.15) is 11.0 Å². The Hall–Kier alpha value is -5.64. The molecular weight excluding hydrogens is 500 g/mol. The molecule has 40 heavy (non-hydrogen) atoms. The first kappa shape index (κ1) is 23.5. The van der Waals surface area contributed by atoms with Crippen LogP contribution in [0.2, 0.25) is 0 Å². The number of anilines is 1. The molecule has 194 valence electrons. The summed E-state index contributed by atoms with van der Waals surface area (Å²) in [5.74, 6) is 0.577. The molecule has 0 saturated carbocycles. The minimum atomic E-state index is 0.577. The minimum absolute atomic E-state index is 0.577. The lowest BCUT2D eigenvalue weighted by atomic mass is 10.1. The molecule has 7 rings (SSSR count). The summed E-state index contributed by atoms with van der Waals surface area (Å²) >= 11 is 0. The Labute approximate surface area is 228 Å². The van der Waals surface area contributed by atoms with E-state index in [1.807, 2.05) is 60.2 Å². The number of hydrogen-bond acceptors (Lipinski definition) is 7. The predicted octanol–water partition coefficient (Wildman–Crippen LogP) is 5.62. The summed E-state index contributed by atoms with van der Waals surface area (Å²) in [4.78, 5) is 26.3. The van der Waals surface area contributed by atoms with Gasteiger partial charge in [-0.15, -0.1) is 0 Å². The van der Waals surface area contributed by atoms with E-state index >= 15 is 0 Å². The lowest BCUT2D eigenvalue weighted by Gasteiger charge is -2.11. The molecule has 6 aromatic heterocycles. The molecule has 0 aliphatic heterocycles. The third kappa shape index (κ3) is 4.37. The van der Waals surface area contributed by atoms with E-state index in [2.05, 4.69) is 54.2 Å². The Morgan fingerprint density at radius 3 is 2.77 bits per heavy atom. The summed E-state index contributed by atoms with van der Waals surface area (Å²) in [5.41, 5.74) is 9.88. The van der Waals surface area contributed by atoms with Gasteiger partial charge in [-0.05, 0) is 36.8 Å². The van der Waals surface area contributed by atoms with Crippen LogP contribution in [0, 0.1) is 6.92 Å². The number of aryl methyl sites for hydroxylation is 1. The second-order valence-electron chi connectivity index (χ2n) is 9.55. The van der Waals surface area contributed by atoms with Gasteiger partial charge in [0.15, 0.2) is 17.2 Å². The van der Waals surface area contributed by atoms with E-state index in [9.17, 15) is 0 Å². The number of fused-ring (bicyclic) bond motifs is 2. The van der Waals surface area contributed by atoms with E-state index in [0.29, 0.717) is 22.7 Å². The summed E-state index contributed by atoms with van der Waals surface area (Å²) < 4.78 is 1.95. The second kappa shape index (κ2) is 9.59. The van der Waals surface area contributed by atoms with Gasteiger partial charge in [-0.25, -0.2) is 19.9 Å². The largest absolute Gasteiger partial charge is 0.358 e. The molecule has 0 aliphatic carbocycles. The van der Waals surface area contributed by atoms with Crippen LogP contribution in [0.4, 0.5) is 5.69 Å². The van der Waals surface area contributed by atoms with Crippen molar-refractivity contribution in [1.82, 2.24) is 44.7 Å². The van der Waals surface area contributed by atoms with Crippen LogP contribution in [-0.2, 0) is 6.42 Å². The van der Waals surface area contributed by atoms with Gasteiger partial charge in [-0.3, -0.25) is 10.1 Å². The van der Waals surface area contributed by atoms with Gasteiger partial charge in [0.2, 0.25) is 0 Å². The Bertz CT molecular complexity index is 2000. The van der Waals surface area contributed by atoms with E-state index in [-0.39, 0.29) is 0 Å². The summed E-state index contributed by atoms with van der Waals surface area (Å²) in [5, 5.41) is 11.0. The molecule has 10 nitrogen and oxygen atoms in total. The molecule has 0 radical (unpaired) electrons. The molecule has 3 N–H and O–H groups in total. The fourth-order valence-electron chi connectivity index (χ4n) is 4.74. The summed E-state index contributed by atoms with van der Waals surface area (Å²) in [7, 11) is 0. The monoisotopic (exact) mass is 524 g/mol.